The van der Waals surface area contributed by atoms with Crippen LogP contribution in [0.5, 0.6) is 0 Å². The summed E-state index contributed by atoms with van der Waals surface area (Å²) in [4.78, 5) is 0. The molecule has 0 radical (unpaired) electrons. The fourth-order valence-corrected chi connectivity index (χ4v) is 3.24. The smallest absolute Gasteiger partial charge is 0.134 e. The van der Waals surface area contributed by atoms with Crippen LogP contribution >= 0.6 is 0 Å². The van der Waals surface area contributed by atoms with Crippen LogP contribution in [0, 0.1) is 0 Å². The summed E-state index contributed by atoms with van der Waals surface area (Å²) in [7, 11) is 0. The first kappa shape index (κ1) is 14.6. The van der Waals surface area contributed by atoms with Crippen molar-refractivity contribution in [2.45, 2.75) is 84.5 Å². The average Bonchev–Trinajstić information content (AvgIpc) is 3.03. The van der Waals surface area contributed by atoms with Crippen molar-refractivity contribution in [3.8, 4) is 0 Å². The third-order valence-corrected chi connectivity index (χ3v) is 4.51. The van der Waals surface area contributed by atoms with E-state index in [2.05, 4.69) is 44.5 Å². The second-order valence-corrected chi connectivity index (χ2v) is 5.88. The summed E-state index contributed by atoms with van der Waals surface area (Å²) in [5.41, 5.74) is 3.00. The minimum Gasteiger partial charge on any atom is -0.355 e. The molecule has 2 heteroatoms. The number of hydrogen-bond donors (Lipinski definition) is 0. The highest BCUT2D eigenvalue weighted by Crippen LogP contribution is 2.35. The zero-order valence-electron chi connectivity index (χ0n) is 13.0. The van der Waals surface area contributed by atoms with Gasteiger partial charge in [-0.25, -0.2) is 0 Å². The normalized spacial score (nSPS) is 24.8. The molecule has 0 saturated carbocycles. The Bertz CT molecular complexity index is 396. The number of ether oxygens (including phenoxy) is 1. The first-order valence-corrected chi connectivity index (χ1v) is 8.06. The van der Waals surface area contributed by atoms with Crippen molar-refractivity contribution in [2.24, 2.45) is 0 Å². The van der Waals surface area contributed by atoms with Crippen LogP contribution in [0.25, 0.3) is 0 Å². The van der Waals surface area contributed by atoms with Crippen LogP contribution in [0.15, 0.2) is 12.3 Å². The molecule has 0 aromatic carbocycles. The molecule has 2 rings (SSSR count). The molecule has 1 aliphatic rings. The van der Waals surface area contributed by atoms with Gasteiger partial charge in [-0.1, -0.05) is 34.1 Å². The summed E-state index contributed by atoms with van der Waals surface area (Å²) in [5, 5.41) is 0. The maximum Gasteiger partial charge on any atom is 0.134 e. The Morgan fingerprint density at radius 3 is 2.74 bits per heavy atom. The van der Waals surface area contributed by atoms with E-state index < -0.39 is 0 Å². The van der Waals surface area contributed by atoms with Crippen LogP contribution in [-0.4, -0.2) is 10.7 Å². The SMILES string of the molecule is CCCC1CCC(n2ccc(CC)c2C(C)CC)O1. The Kier molecular flexibility index (Phi) is 5.09. The lowest BCUT2D eigenvalue weighted by atomic mass is 9.99. The van der Waals surface area contributed by atoms with E-state index in [1.54, 1.807) is 0 Å². The molecule has 0 N–H and O–H groups in total. The highest BCUT2D eigenvalue weighted by atomic mass is 16.5. The monoisotopic (exact) mass is 263 g/mol. The average molecular weight is 263 g/mol. The van der Waals surface area contributed by atoms with E-state index in [0.717, 1.165) is 6.42 Å². The van der Waals surface area contributed by atoms with E-state index in [0.29, 0.717) is 12.0 Å². The lowest BCUT2D eigenvalue weighted by molar-refractivity contribution is -0.00328. The van der Waals surface area contributed by atoms with Crippen molar-refractivity contribution < 1.29 is 4.74 Å². The Morgan fingerprint density at radius 1 is 1.32 bits per heavy atom. The zero-order chi connectivity index (χ0) is 13.8. The lowest BCUT2D eigenvalue weighted by Crippen LogP contribution is -2.15. The van der Waals surface area contributed by atoms with E-state index in [9.17, 15) is 0 Å². The molecule has 1 aromatic heterocycles. The largest absolute Gasteiger partial charge is 0.355 e. The summed E-state index contributed by atoms with van der Waals surface area (Å²) in [6.07, 6.45) is 10.1. The minimum atomic E-state index is 0.279. The molecule has 1 saturated heterocycles. The quantitative estimate of drug-likeness (QED) is 0.701. The lowest BCUT2D eigenvalue weighted by Gasteiger charge is -2.22. The van der Waals surface area contributed by atoms with Crippen molar-refractivity contribution in [1.82, 2.24) is 4.57 Å². The molecule has 1 fully saturated rings. The molecule has 2 nitrogen and oxygen atoms in total. The van der Waals surface area contributed by atoms with Gasteiger partial charge in [-0.3, -0.25) is 0 Å². The molecular weight excluding hydrogens is 234 g/mol. The topological polar surface area (TPSA) is 14.2 Å². The van der Waals surface area contributed by atoms with E-state index in [1.165, 1.54) is 43.4 Å². The second-order valence-electron chi connectivity index (χ2n) is 5.88. The van der Waals surface area contributed by atoms with Crippen LogP contribution in [0.2, 0.25) is 0 Å². The molecule has 0 bridgehead atoms. The molecule has 2 heterocycles. The van der Waals surface area contributed by atoms with Gasteiger partial charge in [-0.05, 0) is 49.7 Å². The molecule has 3 atom stereocenters. The van der Waals surface area contributed by atoms with E-state index in [-0.39, 0.29) is 6.23 Å². The second kappa shape index (κ2) is 6.60. The van der Waals surface area contributed by atoms with E-state index >= 15 is 0 Å². The third kappa shape index (κ3) is 3.05. The van der Waals surface area contributed by atoms with Crippen molar-refractivity contribution >= 4 is 0 Å². The van der Waals surface area contributed by atoms with Gasteiger partial charge in [0, 0.05) is 11.9 Å². The van der Waals surface area contributed by atoms with Crippen LogP contribution < -0.4 is 0 Å². The van der Waals surface area contributed by atoms with Gasteiger partial charge in [0.2, 0.25) is 0 Å². The van der Waals surface area contributed by atoms with Gasteiger partial charge in [0.05, 0.1) is 6.10 Å². The van der Waals surface area contributed by atoms with Gasteiger partial charge >= 0.3 is 0 Å². The van der Waals surface area contributed by atoms with Gasteiger partial charge in [0.25, 0.3) is 0 Å². The highest BCUT2D eigenvalue weighted by molar-refractivity contribution is 5.26. The Labute approximate surface area is 118 Å². The molecule has 108 valence electrons. The van der Waals surface area contributed by atoms with Crippen molar-refractivity contribution in [3.63, 3.8) is 0 Å². The first-order valence-electron chi connectivity index (χ1n) is 8.06. The van der Waals surface area contributed by atoms with Gasteiger partial charge in [0.15, 0.2) is 0 Å². The molecule has 0 spiro atoms. The van der Waals surface area contributed by atoms with Crippen molar-refractivity contribution in [1.29, 1.82) is 0 Å². The van der Waals surface area contributed by atoms with E-state index in [1.807, 2.05) is 0 Å². The summed E-state index contributed by atoms with van der Waals surface area (Å²) in [6.45, 7) is 9.10. The van der Waals surface area contributed by atoms with Gasteiger partial charge in [-0.15, -0.1) is 0 Å². The molecule has 19 heavy (non-hydrogen) atoms. The maximum atomic E-state index is 6.24. The fraction of sp³-hybridized carbons (Fsp3) is 0.765. The van der Waals surface area contributed by atoms with Crippen LogP contribution in [-0.2, 0) is 11.2 Å². The fourth-order valence-electron chi connectivity index (χ4n) is 3.24. The summed E-state index contributed by atoms with van der Waals surface area (Å²) < 4.78 is 8.66. The number of nitrogens with zero attached hydrogens (tertiary/aromatic N) is 1. The summed E-state index contributed by atoms with van der Waals surface area (Å²) in [6, 6.07) is 2.29. The van der Waals surface area contributed by atoms with Gasteiger partial charge in [-0.2, -0.15) is 0 Å². The number of aromatic nitrogens is 1. The molecule has 0 amide bonds. The maximum absolute atomic E-state index is 6.24. The van der Waals surface area contributed by atoms with Crippen molar-refractivity contribution in [3.05, 3.63) is 23.5 Å². The van der Waals surface area contributed by atoms with Gasteiger partial charge in [0.1, 0.15) is 6.23 Å². The van der Waals surface area contributed by atoms with Crippen molar-refractivity contribution in [2.75, 3.05) is 0 Å². The predicted octanol–water partition coefficient (Wildman–Crippen LogP) is 5.04. The Hall–Kier alpha value is -0.760. The standard InChI is InChI=1S/C17H29NO/c1-5-8-15-9-10-16(19-15)18-12-11-14(7-3)17(18)13(4)6-2/h11-13,15-16H,5-10H2,1-4H3. The Balaban J connectivity index is 2.18. The molecule has 3 unspecified atom stereocenters. The third-order valence-electron chi connectivity index (χ3n) is 4.51. The summed E-state index contributed by atoms with van der Waals surface area (Å²) in [5.74, 6) is 0.624. The minimum absolute atomic E-state index is 0.279. The van der Waals surface area contributed by atoms with Crippen LogP contribution in [0.4, 0.5) is 0 Å². The van der Waals surface area contributed by atoms with Crippen LogP contribution in [0.3, 0.4) is 0 Å². The molecule has 1 aromatic rings. The molecule has 0 aliphatic carbocycles. The number of hydrogen-bond acceptors (Lipinski definition) is 1. The van der Waals surface area contributed by atoms with Gasteiger partial charge < -0.3 is 9.30 Å². The van der Waals surface area contributed by atoms with Crippen LogP contribution in [0.1, 0.15) is 83.2 Å². The van der Waals surface area contributed by atoms with E-state index in [4.69, 9.17) is 4.74 Å². The zero-order valence-corrected chi connectivity index (χ0v) is 13.0. The number of aryl methyl sites for hydroxylation is 1. The first-order chi connectivity index (χ1) is 9.21. The molecule has 1 aliphatic heterocycles. The highest BCUT2D eigenvalue weighted by Gasteiger charge is 2.28. The predicted molar refractivity (Wildman–Crippen MR) is 80.6 cm³/mol. The molecular formula is C17H29NO. The Morgan fingerprint density at radius 2 is 2.11 bits per heavy atom. The number of rotatable bonds is 6. The summed E-state index contributed by atoms with van der Waals surface area (Å²) >= 11 is 0.